The van der Waals surface area contributed by atoms with Crippen molar-refractivity contribution in [2.45, 2.75) is 44.4 Å². The van der Waals surface area contributed by atoms with Crippen molar-refractivity contribution in [1.82, 2.24) is 5.32 Å². The lowest BCUT2D eigenvalue weighted by Crippen LogP contribution is -2.47. The van der Waals surface area contributed by atoms with Crippen molar-refractivity contribution in [1.29, 1.82) is 0 Å². The SMILES string of the molecule is CCCC1NC=CCC1CC1(/C(=N/O)c2ccc(OC)cc2)OC(=O)C(=O)O1. The summed E-state index contributed by atoms with van der Waals surface area (Å²) < 4.78 is 15.9. The Morgan fingerprint density at radius 3 is 2.54 bits per heavy atom. The van der Waals surface area contributed by atoms with E-state index in [2.05, 4.69) is 17.4 Å². The first-order valence-electron chi connectivity index (χ1n) is 9.27. The van der Waals surface area contributed by atoms with Gasteiger partial charge in [-0.1, -0.05) is 24.6 Å². The predicted molar refractivity (Wildman–Crippen MR) is 99.9 cm³/mol. The van der Waals surface area contributed by atoms with E-state index in [1.54, 1.807) is 24.3 Å². The second kappa shape index (κ2) is 8.33. The summed E-state index contributed by atoms with van der Waals surface area (Å²) in [5.41, 5.74) is 0.427. The lowest BCUT2D eigenvalue weighted by atomic mass is 9.82. The van der Waals surface area contributed by atoms with Crippen molar-refractivity contribution in [3.63, 3.8) is 0 Å². The van der Waals surface area contributed by atoms with Crippen LogP contribution in [0.15, 0.2) is 41.7 Å². The van der Waals surface area contributed by atoms with Gasteiger partial charge in [-0.05, 0) is 49.2 Å². The average Bonchev–Trinajstić information content (AvgIpc) is 2.98. The van der Waals surface area contributed by atoms with Crippen molar-refractivity contribution in [3.05, 3.63) is 42.1 Å². The van der Waals surface area contributed by atoms with Gasteiger partial charge in [-0.2, -0.15) is 0 Å². The van der Waals surface area contributed by atoms with Gasteiger partial charge in [0.2, 0.25) is 0 Å². The summed E-state index contributed by atoms with van der Waals surface area (Å²) in [6.07, 6.45) is 6.65. The number of hydrogen-bond acceptors (Lipinski definition) is 8. The van der Waals surface area contributed by atoms with E-state index in [9.17, 15) is 14.8 Å². The Morgan fingerprint density at radius 1 is 1.29 bits per heavy atom. The van der Waals surface area contributed by atoms with E-state index >= 15 is 0 Å². The molecule has 0 radical (unpaired) electrons. The molecule has 1 aromatic carbocycles. The van der Waals surface area contributed by atoms with Gasteiger partial charge in [0, 0.05) is 18.0 Å². The minimum absolute atomic E-state index is 0.0126. The molecule has 0 amide bonds. The highest BCUT2D eigenvalue weighted by molar-refractivity contribution is 6.33. The Kier molecular flexibility index (Phi) is 5.87. The summed E-state index contributed by atoms with van der Waals surface area (Å²) in [6.45, 7) is 2.08. The van der Waals surface area contributed by atoms with E-state index in [1.165, 1.54) is 7.11 Å². The predicted octanol–water partition coefficient (Wildman–Crippen LogP) is 2.35. The molecule has 0 spiro atoms. The zero-order chi connectivity index (χ0) is 20.1. The summed E-state index contributed by atoms with van der Waals surface area (Å²) in [5.74, 6) is -3.35. The molecule has 1 fully saturated rings. The van der Waals surface area contributed by atoms with E-state index in [1.807, 2.05) is 12.3 Å². The number of nitrogens with one attached hydrogen (secondary N) is 1. The van der Waals surface area contributed by atoms with Gasteiger partial charge < -0.3 is 24.7 Å². The van der Waals surface area contributed by atoms with Crippen LogP contribution < -0.4 is 10.1 Å². The molecule has 1 saturated heterocycles. The Balaban J connectivity index is 1.96. The zero-order valence-electron chi connectivity index (χ0n) is 15.9. The molecule has 150 valence electrons. The van der Waals surface area contributed by atoms with Crippen LogP contribution in [-0.4, -0.2) is 41.8 Å². The monoisotopic (exact) mass is 388 g/mol. The first kappa shape index (κ1) is 19.7. The number of ether oxygens (including phenoxy) is 3. The van der Waals surface area contributed by atoms with Crippen LogP contribution in [-0.2, 0) is 19.1 Å². The number of esters is 2. The maximum atomic E-state index is 11.9. The van der Waals surface area contributed by atoms with Gasteiger partial charge >= 0.3 is 17.7 Å². The topological polar surface area (TPSA) is 106 Å². The second-order valence-corrected chi connectivity index (χ2v) is 6.87. The van der Waals surface area contributed by atoms with Crippen LogP contribution in [0.2, 0.25) is 0 Å². The van der Waals surface area contributed by atoms with E-state index in [4.69, 9.17) is 14.2 Å². The minimum atomic E-state index is -1.78. The molecule has 2 unspecified atom stereocenters. The molecule has 0 aromatic heterocycles. The molecule has 0 bridgehead atoms. The number of carbonyl (C=O) groups is 2. The van der Waals surface area contributed by atoms with Crippen LogP contribution in [0.1, 0.15) is 38.2 Å². The molecule has 3 rings (SSSR count). The summed E-state index contributed by atoms with van der Waals surface area (Å²) in [7, 11) is 1.54. The lowest BCUT2D eigenvalue weighted by molar-refractivity contribution is -0.158. The van der Waals surface area contributed by atoms with Crippen molar-refractivity contribution >= 4 is 17.7 Å². The fourth-order valence-electron chi connectivity index (χ4n) is 3.72. The Hall–Kier alpha value is -3.03. The normalized spacial score (nSPS) is 23.7. The van der Waals surface area contributed by atoms with Gasteiger partial charge in [0.15, 0.2) is 5.71 Å². The number of allylic oxidation sites excluding steroid dienone is 1. The standard InChI is InChI=1S/C20H24N2O6/c1-3-5-16-14(6-4-11-21-16)12-20(27-18(23)19(24)28-20)17(22-25)13-7-9-15(26-2)10-8-13/h4,7-11,14,16,21,25H,3,5-6,12H2,1-2H3/b22-17+. The van der Waals surface area contributed by atoms with Crippen LogP contribution in [0, 0.1) is 5.92 Å². The van der Waals surface area contributed by atoms with Crippen LogP contribution in [0.3, 0.4) is 0 Å². The molecule has 2 atom stereocenters. The number of carbonyl (C=O) groups excluding carboxylic acids is 2. The molecule has 8 heteroatoms. The Bertz CT molecular complexity index is 770. The second-order valence-electron chi connectivity index (χ2n) is 6.87. The molecule has 8 nitrogen and oxygen atoms in total. The van der Waals surface area contributed by atoms with Gasteiger partial charge in [-0.3, -0.25) is 0 Å². The van der Waals surface area contributed by atoms with E-state index in [0.29, 0.717) is 11.3 Å². The first-order chi connectivity index (χ1) is 13.5. The minimum Gasteiger partial charge on any atom is -0.497 e. The highest BCUT2D eigenvalue weighted by Crippen LogP contribution is 2.37. The molecular formula is C20H24N2O6. The van der Waals surface area contributed by atoms with Gasteiger partial charge in [-0.15, -0.1) is 0 Å². The number of benzene rings is 1. The number of cyclic esters (lactones) is 2. The first-order valence-corrected chi connectivity index (χ1v) is 9.27. The van der Waals surface area contributed by atoms with Crippen LogP contribution >= 0.6 is 0 Å². The van der Waals surface area contributed by atoms with E-state index in [0.717, 1.165) is 19.3 Å². The third-order valence-corrected chi connectivity index (χ3v) is 5.07. The smallest absolute Gasteiger partial charge is 0.421 e. The molecule has 2 N–H and O–H groups in total. The van der Waals surface area contributed by atoms with Gasteiger partial charge in [0.05, 0.1) is 7.11 Å². The number of nitrogens with zero attached hydrogens (tertiary/aromatic N) is 1. The number of hydrogen-bond donors (Lipinski definition) is 2. The van der Waals surface area contributed by atoms with Crippen molar-refractivity contribution in [3.8, 4) is 5.75 Å². The van der Waals surface area contributed by atoms with Gasteiger partial charge in [0.1, 0.15) is 5.75 Å². The Labute approximate surface area is 163 Å². The molecule has 0 saturated carbocycles. The third kappa shape index (κ3) is 3.81. The highest BCUT2D eigenvalue weighted by atomic mass is 16.8. The molecule has 1 aromatic rings. The number of methoxy groups -OCH3 is 1. The van der Waals surface area contributed by atoms with Crippen LogP contribution in [0.5, 0.6) is 5.75 Å². The van der Waals surface area contributed by atoms with Crippen molar-refractivity contribution in [2.75, 3.05) is 7.11 Å². The molecule has 2 heterocycles. The maximum absolute atomic E-state index is 11.9. The molecule has 0 aliphatic carbocycles. The fraction of sp³-hybridized carbons (Fsp3) is 0.450. The fourth-order valence-corrected chi connectivity index (χ4v) is 3.72. The van der Waals surface area contributed by atoms with Crippen molar-refractivity contribution in [2.24, 2.45) is 11.1 Å². The van der Waals surface area contributed by atoms with Crippen LogP contribution in [0.25, 0.3) is 0 Å². The Morgan fingerprint density at radius 2 is 1.96 bits per heavy atom. The summed E-state index contributed by atoms with van der Waals surface area (Å²) in [4.78, 5) is 23.8. The maximum Gasteiger partial charge on any atom is 0.421 e. The molecule has 2 aliphatic rings. The zero-order valence-corrected chi connectivity index (χ0v) is 15.9. The summed E-state index contributed by atoms with van der Waals surface area (Å²) >= 11 is 0. The average molecular weight is 388 g/mol. The van der Waals surface area contributed by atoms with Crippen molar-refractivity contribution < 1.29 is 29.0 Å². The summed E-state index contributed by atoms with van der Waals surface area (Å²) in [5, 5.41) is 16.4. The third-order valence-electron chi connectivity index (χ3n) is 5.07. The van der Waals surface area contributed by atoms with Crippen LogP contribution in [0.4, 0.5) is 0 Å². The van der Waals surface area contributed by atoms with E-state index in [-0.39, 0.29) is 24.1 Å². The molecule has 2 aliphatic heterocycles. The lowest BCUT2D eigenvalue weighted by Gasteiger charge is -2.35. The van der Waals surface area contributed by atoms with Gasteiger partial charge in [-0.25, -0.2) is 9.59 Å². The number of rotatable bonds is 7. The summed E-state index contributed by atoms with van der Waals surface area (Å²) in [6, 6.07) is 6.78. The van der Waals surface area contributed by atoms with Gasteiger partial charge in [0.25, 0.3) is 0 Å². The molecule has 28 heavy (non-hydrogen) atoms. The highest BCUT2D eigenvalue weighted by Gasteiger charge is 2.55. The van der Waals surface area contributed by atoms with E-state index < -0.39 is 17.7 Å². The number of oxime groups is 1. The quantitative estimate of drug-likeness (QED) is 0.243. The molecular weight excluding hydrogens is 364 g/mol. The largest absolute Gasteiger partial charge is 0.497 e.